The number of hydrogen-bond donors (Lipinski definition) is 4. The summed E-state index contributed by atoms with van der Waals surface area (Å²) >= 11 is 4.88. The summed E-state index contributed by atoms with van der Waals surface area (Å²) in [6.45, 7) is 11.4. The zero-order chi connectivity index (χ0) is 49.9. The van der Waals surface area contributed by atoms with Crippen LogP contribution in [0.3, 0.4) is 0 Å². The molecule has 18 nitrogen and oxygen atoms in total. The second-order valence-electron chi connectivity index (χ2n) is 17.0. The molecule has 0 saturated carbocycles. The first kappa shape index (κ1) is 51.1. The summed E-state index contributed by atoms with van der Waals surface area (Å²) in [6.07, 6.45) is 11.4. The van der Waals surface area contributed by atoms with Crippen molar-refractivity contribution in [2.75, 3.05) is 18.5 Å². The number of halogens is 2. The molecule has 1 unspecified atom stereocenters. The molecule has 21 heteroatoms. The Morgan fingerprint density at radius 2 is 1.56 bits per heavy atom. The zero-order valence-corrected chi connectivity index (χ0v) is 42.5. The number of aromatic nitrogens is 8. The molecule has 7 rings (SSSR count). The highest BCUT2D eigenvalue weighted by Crippen LogP contribution is 2.37. The zero-order valence-electron chi connectivity index (χ0n) is 40.1. The molecule has 0 radical (unpaired) electrons. The topological polar surface area (TPSA) is 217 Å². The fourth-order valence-corrected chi connectivity index (χ4v) is 9.37. The molecule has 368 valence electrons. The number of Topliss-reactive ketones (excluding diaryl/α,β-unsaturated/α-hetero) is 1. The lowest BCUT2D eigenvalue weighted by molar-refractivity contribution is -0.139. The Morgan fingerprint density at radius 1 is 0.871 bits per heavy atom. The summed E-state index contributed by atoms with van der Waals surface area (Å²) in [5.74, 6) is -2.31. The number of nitrogens with zero attached hydrogens (tertiary/aromatic N) is 9. The molecule has 0 bridgehead atoms. The van der Waals surface area contributed by atoms with E-state index in [2.05, 4.69) is 62.8 Å². The van der Waals surface area contributed by atoms with Crippen molar-refractivity contribution < 1.29 is 28.3 Å². The van der Waals surface area contributed by atoms with Crippen molar-refractivity contribution in [1.82, 2.24) is 55.5 Å². The highest BCUT2D eigenvalue weighted by atomic mass is 79.9. The average molecular weight is 1040 g/mol. The van der Waals surface area contributed by atoms with Gasteiger partial charge in [0.15, 0.2) is 10.8 Å². The van der Waals surface area contributed by atoms with Crippen LogP contribution in [0.4, 0.5) is 10.1 Å². The molecule has 70 heavy (non-hydrogen) atoms. The van der Waals surface area contributed by atoms with E-state index in [9.17, 15) is 23.6 Å². The summed E-state index contributed by atoms with van der Waals surface area (Å²) in [4.78, 5) is 62.4. The molecule has 1 aliphatic rings. The number of carbonyl (C=O) groups excluding carboxylic acids is 4. The highest BCUT2D eigenvalue weighted by Gasteiger charge is 2.34. The van der Waals surface area contributed by atoms with Gasteiger partial charge in [-0.15, -0.1) is 21.5 Å². The van der Waals surface area contributed by atoms with Crippen molar-refractivity contribution in [3.05, 3.63) is 138 Å². The van der Waals surface area contributed by atoms with E-state index in [1.807, 2.05) is 48.3 Å². The molecule has 2 amide bonds. The molecule has 4 N–H and O–H groups in total. The molecule has 1 aliphatic heterocycles. The van der Waals surface area contributed by atoms with Gasteiger partial charge in [-0.3, -0.25) is 28.7 Å². The number of thiazole rings is 1. The second-order valence-corrected chi connectivity index (χ2v) is 18.8. The molecule has 4 aromatic heterocycles. The van der Waals surface area contributed by atoms with Crippen molar-refractivity contribution in [3.8, 4) is 0 Å². The highest BCUT2D eigenvalue weighted by molar-refractivity contribution is 9.10. The van der Waals surface area contributed by atoms with Crippen LogP contribution in [0.2, 0.25) is 0 Å². The smallest absolute Gasteiger partial charge is 0.338 e. The van der Waals surface area contributed by atoms with Crippen LogP contribution in [0.1, 0.15) is 117 Å². The maximum atomic E-state index is 14.1. The van der Waals surface area contributed by atoms with Gasteiger partial charge in [0, 0.05) is 72.6 Å². The number of rotatable bonds is 23. The molecular formula is C49H57BrFN13O5S. The van der Waals surface area contributed by atoms with Crippen LogP contribution in [0, 0.1) is 33.5 Å². The van der Waals surface area contributed by atoms with E-state index in [0.717, 1.165) is 61.9 Å². The summed E-state index contributed by atoms with van der Waals surface area (Å²) < 4.78 is 25.3. The first-order valence-electron chi connectivity index (χ1n) is 23.2. The van der Waals surface area contributed by atoms with Crippen molar-refractivity contribution >= 4 is 62.4 Å². The van der Waals surface area contributed by atoms with Gasteiger partial charge in [-0.25, -0.2) is 14.2 Å². The number of ketones is 1. The van der Waals surface area contributed by atoms with Crippen molar-refractivity contribution in [1.29, 1.82) is 0 Å². The lowest BCUT2D eigenvalue weighted by atomic mass is 9.95. The maximum absolute atomic E-state index is 14.1. The maximum Gasteiger partial charge on any atom is 0.338 e. The van der Waals surface area contributed by atoms with Gasteiger partial charge in [-0.2, -0.15) is 0 Å². The van der Waals surface area contributed by atoms with E-state index in [1.54, 1.807) is 55.5 Å². The minimum absolute atomic E-state index is 0.0386. The predicted molar refractivity (Wildman–Crippen MR) is 267 cm³/mol. The summed E-state index contributed by atoms with van der Waals surface area (Å²) in [5, 5.41) is 31.8. The van der Waals surface area contributed by atoms with Gasteiger partial charge in [0.25, 0.3) is 17.6 Å². The van der Waals surface area contributed by atoms with Crippen LogP contribution in [0.25, 0.3) is 0 Å². The number of anilines is 1. The van der Waals surface area contributed by atoms with Gasteiger partial charge < -0.3 is 30.6 Å². The number of benzene rings is 2. The Hall–Kier alpha value is -6.71. The van der Waals surface area contributed by atoms with Crippen molar-refractivity contribution in [2.24, 2.45) is 12.0 Å². The predicted octanol–water partition coefficient (Wildman–Crippen LogP) is 7.29. The quantitative estimate of drug-likeness (QED) is 0.0215. The van der Waals surface area contributed by atoms with Gasteiger partial charge in [0.05, 0.1) is 36.2 Å². The molecule has 5 heterocycles. The number of carbonyl (C=O) groups is 4. The number of hydrogen-bond acceptors (Lipinski definition) is 14. The number of amidine groups is 1. The number of esters is 1. The summed E-state index contributed by atoms with van der Waals surface area (Å²) in [6, 6.07) is 9.19. The number of ether oxygens (including phenoxy) is 1. The van der Waals surface area contributed by atoms with Gasteiger partial charge >= 0.3 is 5.97 Å². The summed E-state index contributed by atoms with van der Waals surface area (Å²) in [5.41, 5.74) is 7.05. The van der Waals surface area contributed by atoms with Gasteiger partial charge in [0.1, 0.15) is 23.2 Å². The number of amides is 2. The van der Waals surface area contributed by atoms with E-state index in [4.69, 9.17) is 9.73 Å². The summed E-state index contributed by atoms with van der Waals surface area (Å²) in [7, 11) is 1.70. The molecule has 0 aliphatic carbocycles. The van der Waals surface area contributed by atoms with Gasteiger partial charge in [-0.1, -0.05) is 64.2 Å². The molecule has 0 saturated heterocycles. The average Bonchev–Trinajstić information content (AvgIpc) is 4.16. The number of aryl methyl sites for hydroxylation is 4. The standard InChI is InChI=1S/C49H57BrFN13O5S/c1-7-69-49(68)41-39(56-45(48-53-18-21-70-48)57-42(41)37-17-15-33(51)23-38(37)50)26-52-24-35-27-63(60-58-35)19-12-10-8-9-11-13-20-64-28-36(59-61-64)25-54-47(67)44(65)40-31(4)43(62(6)32(40)5)46(66)55-34-16-14-29(2)30(3)22-34/h14-18,21-23,27-28,42,52H,7-13,19-20,24-26H2,1-6H3,(H,54,67)(H,55,66)(H,56,57). The monoisotopic (exact) mass is 1040 g/mol. The van der Waals surface area contributed by atoms with Gasteiger partial charge in [-0.05, 0) is 94.0 Å². The first-order chi connectivity index (χ1) is 33.7. The number of unbranched alkanes of at least 4 members (excludes halogenated alkanes) is 5. The van der Waals surface area contributed by atoms with E-state index < -0.39 is 29.5 Å². The van der Waals surface area contributed by atoms with Gasteiger partial charge in [0.2, 0.25) is 0 Å². The molecule has 0 spiro atoms. The van der Waals surface area contributed by atoms with E-state index in [-0.39, 0.29) is 31.2 Å². The molecule has 0 fully saturated rings. The lowest BCUT2D eigenvalue weighted by Crippen LogP contribution is -2.38. The number of aliphatic imine (C=N–C) groups is 1. The Bertz CT molecular complexity index is 2920. The SMILES string of the molecule is CCOC(=O)C1=C(CNCc2cn(CCCCCCCCn3cc(CNC(=O)C(=O)c4c(C)c(C(=O)Nc5ccc(C)c(C)c5)n(C)c4C)nn3)nn2)NC(c2nccs2)=NC1c1ccc(F)cc1Br. The van der Waals surface area contributed by atoms with Crippen LogP contribution in [0.5, 0.6) is 0 Å². The van der Waals surface area contributed by atoms with Crippen LogP contribution < -0.4 is 21.3 Å². The first-order valence-corrected chi connectivity index (χ1v) is 24.8. The fourth-order valence-electron chi connectivity index (χ4n) is 8.22. The Labute approximate surface area is 417 Å². The lowest BCUT2D eigenvalue weighted by Gasteiger charge is -2.27. The third-order valence-corrected chi connectivity index (χ3v) is 13.6. The third-order valence-electron chi connectivity index (χ3n) is 12.1. The molecular weight excluding hydrogens is 982 g/mol. The van der Waals surface area contributed by atoms with E-state index >= 15 is 0 Å². The largest absolute Gasteiger partial charge is 0.463 e. The minimum atomic E-state index is -0.784. The van der Waals surface area contributed by atoms with Crippen LogP contribution in [-0.2, 0) is 47.6 Å². The van der Waals surface area contributed by atoms with Crippen molar-refractivity contribution in [3.63, 3.8) is 0 Å². The fraction of sp³-hybridized carbons (Fsp3) is 0.388. The Kier molecular flexibility index (Phi) is 17.3. The molecule has 2 aromatic carbocycles. The van der Waals surface area contributed by atoms with Crippen molar-refractivity contribution in [2.45, 2.75) is 105 Å². The van der Waals surface area contributed by atoms with Crippen LogP contribution >= 0.6 is 27.3 Å². The second kappa shape index (κ2) is 23.7. The molecule has 1 atom stereocenters. The van der Waals surface area contributed by atoms with Crippen LogP contribution in [0.15, 0.2) is 81.1 Å². The number of nitrogens with one attached hydrogen (secondary N) is 4. The van der Waals surface area contributed by atoms with Crippen LogP contribution in [-0.4, -0.2) is 82.1 Å². The molecule has 6 aromatic rings. The minimum Gasteiger partial charge on any atom is -0.463 e. The normalized spacial score (nSPS) is 13.5. The van der Waals surface area contributed by atoms with E-state index in [1.165, 1.54) is 23.5 Å². The third kappa shape index (κ3) is 12.5. The Balaban J connectivity index is 0.809. The Morgan fingerprint density at radius 3 is 2.20 bits per heavy atom. The van der Waals surface area contributed by atoms with E-state index in [0.29, 0.717) is 73.6 Å².